The van der Waals surface area contributed by atoms with Gasteiger partial charge in [-0.1, -0.05) is 12.1 Å². The predicted molar refractivity (Wildman–Crippen MR) is 61.2 cm³/mol. The van der Waals surface area contributed by atoms with Crippen LogP contribution in [0.1, 0.15) is 5.56 Å². The molecular formula is C13H8F5N. The van der Waals surface area contributed by atoms with Crippen LogP contribution in [-0.4, -0.2) is 0 Å². The van der Waals surface area contributed by atoms with E-state index in [1.165, 1.54) is 12.1 Å². The van der Waals surface area contributed by atoms with E-state index in [4.69, 9.17) is 5.73 Å². The molecule has 0 atom stereocenters. The topological polar surface area (TPSA) is 26.0 Å². The Kier molecular flexibility index (Phi) is 3.18. The number of alkyl halides is 3. The van der Waals surface area contributed by atoms with Crippen molar-refractivity contribution in [2.45, 2.75) is 6.18 Å². The zero-order valence-corrected chi connectivity index (χ0v) is 9.43. The third-order valence-corrected chi connectivity index (χ3v) is 2.59. The summed E-state index contributed by atoms with van der Waals surface area (Å²) < 4.78 is 63.7. The molecule has 2 aromatic rings. The normalized spacial score (nSPS) is 11.6. The van der Waals surface area contributed by atoms with Crippen LogP contribution in [0.25, 0.3) is 11.1 Å². The van der Waals surface area contributed by atoms with Crippen molar-refractivity contribution in [2.75, 3.05) is 5.73 Å². The average Bonchev–Trinajstić information content (AvgIpc) is 2.33. The van der Waals surface area contributed by atoms with Crippen molar-refractivity contribution in [1.29, 1.82) is 0 Å². The summed E-state index contributed by atoms with van der Waals surface area (Å²) in [5, 5.41) is 0. The van der Waals surface area contributed by atoms with Gasteiger partial charge >= 0.3 is 6.18 Å². The monoisotopic (exact) mass is 273 g/mol. The molecule has 0 aliphatic carbocycles. The van der Waals surface area contributed by atoms with Crippen molar-refractivity contribution in [1.82, 2.24) is 0 Å². The molecule has 19 heavy (non-hydrogen) atoms. The van der Waals surface area contributed by atoms with Crippen LogP contribution in [0.3, 0.4) is 0 Å². The molecule has 100 valence electrons. The molecule has 1 nitrogen and oxygen atoms in total. The largest absolute Gasteiger partial charge is 0.416 e. The molecule has 0 unspecified atom stereocenters. The van der Waals surface area contributed by atoms with Crippen molar-refractivity contribution in [3.05, 3.63) is 53.6 Å². The Bertz CT molecular complexity index is 619. The van der Waals surface area contributed by atoms with E-state index < -0.39 is 23.4 Å². The number of nitrogen functional groups attached to an aromatic ring is 1. The summed E-state index contributed by atoms with van der Waals surface area (Å²) >= 11 is 0. The molecule has 0 saturated carbocycles. The first-order valence-electron chi connectivity index (χ1n) is 5.21. The zero-order chi connectivity index (χ0) is 14.2. The Labute approximate surface area is 105 Å². The van der Waals surface area contributed by atoms with E-state index in [0.29, 0.717) is 0 Å². The van der Waals surface area contributed by atoms with Crippen molar-refractivity contribution < 1.29 is 22.0 Å². The molecule has 0 radical (unpaired) electrons. The van der Waals surface area contributed by atoms with Gasteiger partial charge in [-0.05, 0) is 23.8 Å². The second-order valence-corrected chi connectivity index (χ2v) is 3.93. The Balaban J connectivity index is 2.57. The number of hydrogen-bond acceptors (Lipinski definition) is 1. The molecule has 2 N–H and O–H groups in total. The number of rotatable bonds is 1. The van der Waals surface area contributed by atoms with E-state index >= 15 is 0 Å². The molecule has 2 rings (SSSR count). The Morgan fingerprint density at radius 1 is 0.895 bits per heavy atom. The molecule has 0 spiro atoms. The van der Waals surface area contributed by atoms with Crippen LogP contribution >= 0.6 is 0 Å². The van der Waals surface area contributed by atoms with Gasteiger partial charge in [0.05, 0.1) is 5.56 Å². The van der Waals surface area contributed by atoms with E-state index in [1.807, 2.05) is 0 Å². The van der Waals surface area contributed by atoms with Crippen LogP contribution in [0.2, 0.25) is 0 Å². The molecule has 0 aliphatic rings. The quantitative estimate of drug-likeness (QED) is 0.610. The highest BCUT2D eigenvalue weighted by Crippen LogP contribution is 2.34. The minimum absolute atomic E-state index is 0.0185. The fourth-order valence-electron chi connectivity index (χ4n) is 1.68. The Morgan fingerprint density at radius 2 is 1.53 bits per heavy atom. The minimum atomic E-state index is -4.51. The summed E-state index contributed by atoms with van der Waals surface area (Å²) in [4.78, 5) is 0. The highest BCUT2D eigenvalue weighted by Gasteiger charge is 2.30. The van der Waals surface area contributed by atoms with Crippen LogP contribution in [0, 0.1) is 11.6 Å². The maximum Gasteiger partial charge on any atom is 0.416 e. The van der Waals surface area contributed by atoms with Crippen LogP contribution in [0.4, 0.5) is 27.6 Å². The van der Waals surface area contributed by atoms with E-state index in [-0.39, 0.29) is 16.8 Å². The van der Waals surface area contributed by atoms with Gasteiger partial charge in [-0.2, -0.15) is 13.2 Å². The van der Waals surface area contributed by atoms with Gasteiger partial charge in [0.25, 0.3) is 0 Å². The summed E-state index contributed by atoms with van der Waals surface area (Å²) in [7, 11) is 0. The molecule has 0 amide bonds. The lowest BCUT2D eigenvalue weighted by Gasteiger charge is -2.10. The fourth-order valence-corrected chi connectivity index (χ4v) is 1.68. The summed E-state index contributed by atoms with van der Waals surface area (Å²) in [6, 6.07) is 5.77. The highest BCUT2D eigenvalue weighted by atomic mass is 19.4. The number of halogens is 5. The highest BCUT2D eigenvalue weighted by molar-refractivity contribution is 5.76. The summed E-state index contributed by atoms with van der Waals surface area (Å²) in [6.07, 6.45) is -4.51. The van der Waals surface area contributed by atoms with Crippen LogP contribution in [0.15, 0.2) is 36.4 Å². The number of hydrogen-bond donors (Lipinski definition) is 1. The van der Waals surface area contributed by atoms with Gasteiger partial charge in [0, 0.05) is 17.3 Å². The molecule has 0 bridgehead atoms. The molecular weight excluding hydrogens is 265 g/mol. The first kappa shape index (κ1) is 13.3. The van der Waals surface area contributed by atoms with E-state index in [2.05, 4.69) is 0 Å². The fraction of sp³-hybridized carbons (Fsp3) is 0.0769. The molecule has 0 aromatic heterocycles. The Hall–Kier alpha value is -2.11. The van der Waals surface area contributed by atoms with Gasteiger partial charge in [0.1, 0.15) is 0 Å². The third kappa shape index (κ3) is 2.67. The maximum absolute atomic E-state index is 13.1. The lowest BCUT2D eigenvalue weighted by molar-refractivity contribution is -0.137. The maximum atomic E-state index is 13.1. The number of benzene rings is 2. The zero-order valence-electron chi connectivity index (χ0n) is 9.43. The summed E-state index contributed by atoms with van der Waals surface area (Å²) in [6.45, 7) is 0. The number of anilines is 1. The second kappa shape index (κ2) is 4.53. The van der Waals surface area contributed by atoms with Crippen molar-refractivity contribution >= 4 is 5.69 Å². The average molecular weight is 273 g/mol. The minimum Gasteiger partial charge on any atom is -0.398 e. The van der Waals surface area contributed by atoms with Crippen molar-refractivity contribution in [3.8, 4) is 11.1 Å². The second-order valence-electron chi connectivity index (χ2n) is 3.93. The third-order valence-electron chi connectivity index (χ3n) is 2.59. The van der Waals surface area contributed by atoms with E-state index in [9.17, 15) is 22.0 Å². The van der Waals surface area contributed by atoms with Gasteiger partial charge in [0.2, 0.25) is 0 Å². The summed E-state index contributed by atoms with van der Waals surface area (Å²) in [5.74, 6) is -2.31. The van der Waals surface area contributed by atoms with Crippen LogP contribution in [0.5, 0.6) is 0 Å². The molecule has 0 heterocycles. The van der Waals surface area contributed by atoms with Crippen LogP contribution in [-0.2, 0) is 6.18 Å². The molecule has 0 aliphatic heterocycles. The SMILES string of the molecule is Nc1cc(F)c(F)cc1-c1cccc(C(F)(F)F)c1. The smallest absolute Gasteiger partial charge is 0.398 e. The molecule has 6 heteroatoms. The van der Waals surface area contributed by atoms with Crippen LogP contribution < -0.4 is 5.73 Å². The van der Waals surface area contributed by atoms with Gasteiger partial charge < -0.3 is 5.73 Å². The van der Waals surface area contributed by atoms with E-state index in [0.717, 1.165) is 24.3 Å². The summed E-state index contributed by atoms with van der Waals surface area (Å²) in [5.41, 5.74) is 4.58. The first-order chi connectivity index (χ1) is 8.79. The lowest BCUT2D eigenvalue weighted by atomic mass is 10.0. The van der Waals surface area contributed by atoms with Gasteiger partial charge in [-0.25, -0.2) is 8.78 Å². The van der Waals surface area contributed by atoms with E-state index in [1.54, 1.807) is 0 Å². The molecule has 0 saturated heterocycles. The first-order valence-corrected chi connectivity index (χ1v) is 5.21. The molecule has 2 aromatic carbocycles. The van der Waals surface area contributed by atoms with Gasteiger partial charge in [-0.15, -0.1) is 0 Å². The lowest BCUT2D eigenvalue weighted by Crippen LogP contribution is -2.04. The standard InChI is InChI=1S/C13H8F5N/c14-10-5-9(12(19)6-11(10)15)7-2-1-3-8(4-7)13(16,17)18/h1-6H,19H2. The van der Waals surface area contributed by atoms with Gasteiger partial charge in [0.15, 0.2) is 11.6 Å². The molecule has 0 fully saturated rings. The van der Waals surface area contributed by atoms with Crippen molar-refractivity contribution in [2.24, 2.45) is 0 Å². The Morgan fingerprint density at radius 3 is 2.16 bits per heavy atom. The predicted octanol–water partition coefficient (Wildman–Crippen LogP) is 4.23. The van der Waals surface area contributed by atoms with Gasteiger partial charge in [-0.3, -0.25) is 0 Å². The van der Waals surface area contributed by atoms with Crippen molar-refractivity contribution in [3.63, 3.8) is 0 Å². The number of nitrogens with two attached hydrogens (primary N) is 1.